The number of hydrogen-bond acceptors (Lipinski definition) is 3. The zero-order chi connectivity index (χ0) is 8.39. The first-order valence-corrected chi connectivity index (χ1v) is 3.99. The van der Waals surface area contributed by atoms with E-state index in [-0.39, 0.29) is 0 Å². The lowest BCUT2D eigenvalue weighted by molar-refractivity contribution is -0.0573. The van der Waals surface area contributed by atoms with E-state index in [2.05, 4.69) is 0 Å². The number of benzene rings is 1. The van der Waals surface area contributed by atoms with Gasteiger partial charge in [-0.25, -0.2) is 0 Å². The Kier molecular flexibility index (Phi) is 1.98. The maximum absolute atomic E-state index is 9.35. The van der Waals surface area contributed by atoms with Gasteiger partial charge in [0.05, 0.1) is 6.61 Å². The molecule has 1 aliphatic heterocycles. The van der Waals surface area contributed by atoms with Gasteiger partial charge in [0.25, 0.3) is 0 Å². The van der Waals surface area contributed by atoms with Crippen molar-refractivity contribution in [1.82, 2.24) is 0 Å². The highest BCUT2D eigenvalue weighted by molar-refractivity contribution is 5.46. The second-order valence-electron chi connectivity index (χ2n) is 2.73. The highest BCUT2D eigenvalue weighted by atomic mass is 16.6. The topological polar surface area (TPSA) is 32.7 Å². The summed E-state index contributed by atoms with van der Waals surface area (Å²) in [6.07, 6.45) is -0.771. The third-order valence-electron chi connectivity index (χ3n) is 1.95. The van der Waals surface area contributed by atoms with Gasteiger partial charge in [0.15, 0.2) is 0 Å². The first-order chi connectivity index (χ1) is 5.88. The number of aliphatic hydroxyl groups is 1. The minimum atomic E-state index is -0.771. The van der Waals surface area contributed by atoms with Gasteiger partial charge in [0, 0.05) is 12.2 Å². The van der Waals surface area contributed by atoms with Crippen LogP contribution >= 0.6 is 0 Å². The molecule has 1 saturated heterocycles. The number of rotatable bonds is 1. The van der Waals surface area contributed by atoms with Crippen LogP contribution in [0, 0.1) is 0 Å². The van der Waals surface area contributed by atoms with E-state index in [9.17, 15) is 5.11 Å². The number of para-hydroxylation sites is 1. The van der Waals surface area contributed by atoms with Crippen LogP contribution in [0.5, 0.6) is 0 Å². The molecule has 1 fully saturated rings. The van der Waals surface area contributed by atoms with Crippen LogP contribution in [0.2, 0.25) is 0 Å². The van der Waals surface area contributed by atoms with E-state index < -0.39 is 6.41 Å². The Balaban J connectivity index is 2.19. The highest BCUT2D eigenvalue weighted by Gasteiger charge is 2.22. The van der Waals surface area contributed by atoms with Crippen molar-refractivity contribution in [3.63, 3.8) is 0 Å². The monoisotopic (exact) mass is 165 g/mol. The molecule has 2 rings (SSSR count). The summed E-state index contributed by atoms with van der Waals surface area (Å²) >= 11 is 0. The normalized spacial score (nSPS) is 23.1. The molecule has 0 aromatic heterocycles. The van der Waals surface area contributed by atoms with Gasteiger partial charge >= 0.3 is 0 Å². The highest BCUT2D eigenvalue weighted by Crippen LogP contribution is 2.18. The third-order valence-corrected chi connectivity index (χ3v) is 1.95. The maximum Gasteiger partial charge on any atom is 0.238 e. The van der Waals surface area contributed by atoms with Gasteiger partial charge < -0.3 is 14.7 Å². The van der Waals surface area contributed by atoms with Crippen LogP contribution in [0.1, 0.15) is 0 Å². The molecule has 1 aliphatic rings. The Hall–Kier alpha value is -1.06. The first kappa shape index (κ1) is 7.58. The summed E-state index contributed by atoms with van der Waals surface area (Å²) in [5, 5.41) is 9.35. The van der Waals surface area contributed by atoms with Crippen LogP contribution in [0.4, 0.5) is 5.69 Å². The molecule has 0 aliphatic carbocycles. The lowest BCUT2D eigenvalue weighted by Crippen LogP contribution is -2.29. The van der Waals surface area contributed by atoms with Gasteiger partial charge in [-0.05, 0) is 12.1 Å². The Labute approximate surface area is 71.2 Å². The predicted octanol–water partition coefficient (Wildman–Crippen LogP) is 0.799. The molecule has 64 valence electrons. The Morgan fingerprint density at radius 1 is 1.33 bits per heavy atom. The summed E-state index contributed by atoms with van der Waals surface area (Å²) in [4.78, 5) is 1.82. The molecule has 1 N–H and O–H groups in total. The standard InChI is InChI=1S/C9H11NO2/c11-9-10(6-7-12-9)8-4-2-1-3-5-8/h1-5,9,11H,6-7H2. The molecular weight excluding hydrogens is 154 g/mol. The summed E-state index contributed by atoms with van der Waals surface area (Å²) in [5.74, 6) is 0. The van der Waals surface area contributed by atoms with E-state index in [0.717, 1.165) is 12.2 Å². The smallest absolute Gasteiger partial charge is 0.238 e. The van der Waals surface area contributed by atoms with Crippen LogP contribution in [-0.4, -0.2) is 24.7 Å². The van der Waals surface area contributed by atoms with Gasteiger partial charge in [-0.3, -0.25) is 0 Å². The van der Waals surface area contributed by atoms with Crippen LogP contribution in [0.3, 0.4) is 0 Å². The molecule has 1 heterocycles. The fourth-order valence-corrected chi connectivity index (χ4v) is 1.33. The summed E-state index contributed by atoms with van der Waals surface area (Å²) in [6, 6.07) is 9.75. The quantitative estimate of drug-likeness (QED) is 0.668. The summed E-state index contributed by atoms with van der Waals surface area (Å²) in [7, 11) is 0. The summed E-state index contributed by atoms with van der Waals surface area (Å²) < 4.78 is 5.00. The number of hydrogen-bond donors (Lipinski definition) is 1. The lowest BCUT2D eigenvalue weighted by Gasteiger charge is -2.19. The molecule has 12 heavy (non-hydrogen) atoms. The molecule has 3 nitrogen and oxygen atoms in total. The van der Waals surface area contributed by atoms with Crippen LogP contribution in [-0.2, 0) is 4.74 Å². The second kappa shape index (κ2) is 3.13. The molecule has 0 saturated carbocycles. The average Bonchev–Trinajstić information content (AvgIpc) is 2.53. The molecule has 1 unspecified atom stereocenters. The number of aliphatic hydroxyl groups excluding tert-OH is 1. The van der Waals surface area contributed by atoms with E-state index in [4.69, 9.17) is 4.74 Å². The van der Waals surface area contributed by atoms with Crippen LogP contribution < -0.4 is 4.90 Å². The first-order valence-electron chi connectivity index (χ1n) is 3.99. The second-order valence-corrected chi connectivity index (χ2v) is 2.73. The van der Waals surface area contributed by atoms with E-state index in [0.29, 0.717) is 6.61 Å². The van der Waals surface area contributed by atoms with Crippen molar-refractivity contribution in [3.8, 4) is 0 Å². The molecule has 3 heteroatoms. The summed E-state index contributed by atoms with van der Waals surface area (Å²) in [6.45, 7) is 1.35. The van der Waals surface area contributed by atoms with Gasteiger partial charge in [0.2, 0.25) is 6.41 Å². The van der Waals surface area contributed by atoms with Crippen molar-refractivity contribution >= 4 is 5.69 Å². The molecule has 1 aromatic rings. The van der Waals surface area contributed by atoms with Gasteiger partial charge in [-0.2, -0.15) is 0 Å². The zero-order valence-corrected chi connectivity index (χ0v) is 6.68. The van der Waals surface area contributed by atoms with Crippen molar-refractivity contribution in [2.75, 3.05) is 18.1 Å². The fraction of sp³-hybridized carbons (Fsp3) is 0.333. The number of anilines is 1. The zero-order valence-electron chi connectivity index (χ0n) is 6.68. The lowest BCUT2D eigenvalue weighted by atomic mass is 10.3. The molecule has 0 radical (unpaired) electrons. The van der Waals surface area contributed by atoms with E-state index in [1.165, 1.54) is 0 Å². The van der Waals surface area contributed by atoms with Crippen LogP contribution in [0.15, 0.2) is 30.3 Å². The Morgan fingerprint density at radius 2 is 2.08 bits per heavy atom. The van der Waals surface area contributed by atoms with Gasteiger partial charge in [0.1, 0.15) is 0 Å². The molecular formula is C9H11NO2. The van der Waals surface area contributed by atoms with Crippen molar-refractivity contribution in [2.24, 2.45) is 0 Å². The largest absolute Gasteiger partial charge is 0.351 e. The van der Waals surface area contributed by atoms with Crippen molar-refractivity contribution in [3.05, 3.63) is 30.3 Å². The predicted molar refractivity (Wildman–Crippen MR) is 45.7 cm³/mol. The van der Waals surface area contributed by atoms with Crippen LogP contribution in [0.25, 0.3) is 0 Å². The van der Waals surface area contributed by atoms with E-state index in [1.54, 1.807) is 0 Å². The Morgan fingerprint density at radius 3 is 2.67 bits per heavy atom. The Bertz CT molecular complexity index is 250. The molecule has 1 aromatic carbocycles. The SMILES string of the molecule is OC1OCCN1c1ccccc1. The average molecular weight is 165 g/mol. The van der Waals surface area contributed by atoms with E-state index >= 15 is 0 Å². The van der Waals surface area contributed by atoms with Gasteiger partial charge in [-0.1, -0.05) is 18.2 Å². The van der Waals surface area contributed by atoms with Crippen molar-refractivity contribution < 1.29 is 9.84 Å². The summed E-state index contributed by atoms with van der Waals surface area (Å²) in [5.41, 5.74) is 1.00. The minimum Gasteiger partial charge on any atom is -0.351 e. The number of nitrogens with zero attached hydrogens (tertiary/aromatic N) is 1. The molecule has 0 bridgehead atoms. The van der Waals surface area contributed by atoms with Gasteiger partial charge in [-0.15, -0.1) is 0 Å². The third kappa shape index (κ3) is 1.29. The van der Waals surface area contributed by atoms with Crippen molar-refractivity contribution in [2.45, 2.75) is 6.41 Å². The number of ether oxygens (including phenoxy) is 1. The fourth-order valence-electron chi connectivity index (χ4n) is 1.33. The minimum absolute atomic E-state index is 0.593. The maximum atomic E-state index is 9.35. The molecule has 0 amide bonds. The molecule has 0 spiro atoms. The van der Waals surface area contributed by atoms with Crippen molar-refractivity contribution in [1.29, 1.82) is 0 Å². The van der Waals surface area contributed by atoms with E-state index in [1.807, 2.05) is 35.2 Å². The molecule has 1 atom stereocenters.